The predicted octanol–water partition coefficient (Wildman–Crippen LogP) is 3.37. The Labute approximate surface area is 159 Å². The van der Waals surface area contributed by atoms with Crippen molar-refractivity contribution in [2.45, 2.75) is 26.4 Å². The van der Waals surface area contributed by atoms with Gasteiger partial charge in [-0.25, -0.2) is 9.97 Å². The van der Waals surface area contributed by atoms with Crippen LogP contribution in [0.1, 0.15) is 17.5 Å². The van der Waals surface area contributed by atoms with Gasteiger partial charge < -0.3 is 10.2 Å². The number of nitriles is 1. The van der Waals surface area contributed by atoms with Crippen LogP contribution in [0.5, 0.6) is 0 Å². The van der Waals surface area contributed by atoms with Crippen LogP contribution in [0.15, 0.2) is 42.9 Å². The molecule has 7 heteroatoms. The van der Waals surface area contributed by atoms with Gasteiger partial charge in [0, 0.05) is 30.2 Å². The van der Waals surface area contributed by atoms with Crippen LogP contribution in [0.25, 0.3) is 11.3 Å². The third-order valence-corrected chi connectivity index (χ3v) is 4.01. The number of nitrogens with one attached hydrogen (secondary N) is 1. The Hall–Kier alpha value is -3.24. The van der Waals surface area contributed by atoms with Crippen molar-refractivity contribution in [1.29, 1.82) is 5.26 Å². The van der Waals surface area contributed by atoms with Gasteiger partial charge in [0.2, 0.25) is 5.95 Å². The highest BCUT2D eigenvalue weighted by Gasteiger charge is 2.10. The summed E-state index contributed by atoms with van der Waals surface area (Å²) in [5.41, 5.74) is 4.89. The van der Waals surface area contributed by atoms with Gasteiger partial charge in [-0.3, -0.25) is 4.68 Å². The highest BCUT2D eigenvalue weighted by Crippen LogP contribution is 2.23. The van der Waals surface area contributed by atoms with Crippen molar-refractivity contribution in [1.82, 2.24) is 24.6 Å². The Kier molecular flexibility index (Phi) is 5.79. The topological polar surface area (TPSA) is 82.7 Å². The van der Waals surface area contributed by atoms with Gasteiger partial charge >= 0.3 is 0 Å². The SMILES string of the molecule is Cc1cnc(Nc2cccc(CN(C)C)c2)nc1-c1cnn(CCC#N)c1. The number of rotatable bonds is 7. The van der Waals surface area contributed by atoms with Gasteiger partial charge in [0.1, 0.15) is 0 Å². The van der Waals surface area contributed by atoms with E-state index in [9.17, 15) is 0 Å². The van der Waals surface area contributed by atoms with E-state index in [0.717, 1.165) is 29.1 Å². The second-order valence-electron chi connectivity index (χ2n) is 6.69. The van der Waals surface area contributed by atoms with E-state index in [0.29, 0.717) is 18.9 Å². The molecule has 0 amide bonds. The molecule has 3 rings (SSSR count). The van der Waals surface area contributed by atoms with Crippen molar-refractivity contribution in [3.63, 3.8) is 0 Å². The van der Waals surface area contributed by atoms with E-state index in [1.165, 1.54) is 5.56 Å². The molecule has 0 unspecified atom stereocenters. The molecule has 0 radical (unpaired) electrons. The molecule has 0 saturated heterocycles. The number of anilines is 2. The number of benzene rings is 1. The largest absolute Gasteiger partial charge is 0.324 e. The molecule has 7 nitrogen and oxygen atoms in total. The Morgan fingerprint density at radius 2 is 2.11 bits per heavy atom. The van der Waals surface area contributed by atoms with E-state index in [1.54, 1.807) is 17.1 Å². The molecule has 0 spiro atoms. The van der Waals surface area contributed by atoms with Crippen LogP contribution >= 0.6 is 0 Å². The first-order valence-corrected chi connectivity index (χ1v) is 8.79. The minimum Gasteiger partial charge on any atom is -0.324 e. The molecule has 3 aromatic rings. The molecule has 0 atom stereocenters. The highest BCUT2D eigenvalue weighted by molar-refractivity contribution is 5.64. The maximum absolute atomic E-state index is 8.72. The van der Waals surface area contributed by atoms with Gasteiger partial charge in [0.05, 0.1) is 30.9 Å². The molecule has 0 bridgehead atoms. The molecule has 0 aliphatic carbocycles. The smallest absolute Gasteiger partial charge is 0.227 e. The Balaban J connectivity index is 1.81. The third-order valence-electron chi connectivity index (χ3n) is 4.01. The highest BCUT2D eigenvalue weighted by atomic mass is 15.3. The average Bonchev–Trinajstić information content (AvgIpc) is 3.10. The summed E-state index contributed by atoms with van der Waals surface area (Å²) in [5.74, 6) is 0.544. The van der Waals surface area contributed by atoms with Crippen molar-refractivity contribution in [3.05, 3.63) is 54.0 Å². The van der Waals surface area contributed by atoms with Crippen molar-refractivity contribution < 1.29 is 0 Å². The summed E-state index contributed by atoms with van der Waals surface area (Å²) < 4.78 is 1.76. The van der Waals surface area contributed by atoms with Crippen LogP contribution in [0.4, 0.5) is 11.6 Å². The minimum atomic E-state index is 0.431. The van der Waals surface area contributed by atoms with Crippen LogP contribution in [0.3, 0.4) is 0 Å². The fourth-order valence-electron chi connectivity index (χ4n) is 2.81. The Bertz CT molecular complexity index is 953. The van der Waals surface area contributed by atoms with Crippen molar-refractivity contribution in [3.8, 4) is 17.3 Å². The van der Waals surface area contributed by atoms with Crippen LogP contribution in [0, 0.1) is 18.3 Å². The fraction of sp³-hybridized carbons (Fsp3) is 0.300. The Morgan fingerprint density at radius 3 is 2.89 bits per heavy atom. The van der Waals surface area contributed by atoms with E-state index in [2.05, 4.69) is 43.5 Å². The number of nitrogens with zero attached hydrogens (tertiary/aromatic N) is 6. The van der Waals surface area contributed by atoms with Gasteiger partial charge in [-0.2, -0.15) is 10.4 Å². The standard InChI is InChI=1S/C20H23N7/c1-15-11-22-20(24-18-7-4-6-16(10-18)13-26(2)3)25-19(15)17-12-23-27(14-17)9-5-8-21/h4,6-7,10-12,14H,5,9,13H2,1-3H3,(H,22,24,25). The zero-order valence-electron chi connectivity index (χ0n) is 15.8. The van der Waals surface area contributed by atoms with Gasteiger partial charge in [-0.05, 0) is 44.3 Å². The maximum atomic E-state index is 8.72. The minimum absolute atomic E-state index is 0.431. The molecule has 1 aromatic carbocycles. The van der Waals surface area contributed by atoms with E-state index >= 15 is 0 Å². The summed E-state index contributed by atoms with van der Waals surface area (Å²) in [5, 5.41) is 16.3. The van der Waals surface area contributed by atoms with Gasteiger partial charge in [-0.1, -0.05) is 12.1 Å². The molecule has 27 heavy (non-hydrogen) atoms. The number of hydrogen-bond donors (Lipinski definition) is 1. The first kappa shape index (κ1) is 18.5. The predicted molar refractivity (Wildman–Crippen MR) is 105 cm³/mol. The van der Waals surface area contributed by atoms with Crippen LogP contribution < -0.4 is 5.32 Å². The number of aromatic nitrogens is 4. The van der Waals surface area contributed by atoms with Crippen LogP contribution in [0.2, 0.25) is 0 Å². The quantitative estimate of drug-likeness (QED) is 0.695. The molecule has 138 valence electrons. The number of aryl methyl sites for hydroxylation is 2. The van der Waals surface area contributed by atoms with Crippen molar-refractivity contribution in [2.75, 3.05) is 19.4 Å². The van der Waals surface area contributed by atoms with E-state index in [-0.39, 0.29) is 0 Å². The molecule has 0 saturated carbocycles. The summed E-state index contributed by atoms with van der Waals surface area (Å²) in [6.07, 6.45) is 5.92. The molecule has 2 heterocycles. The zero-order chi connectivity index (χ0) is 19.2. The monoisotopic (exact) mass is 361 g/mol. The first-order valence-electron chi connectivity index (χ1n) is 8.79. The zero-order valence-corrected chi connectivity index (χ0v) is 15.8. The summed E-state index contributed by atoms with van der Waals surface area (Å²) >= 11 is 0. The molecular weight excluding hydrogens is 338 g/mol. The first-order chi connectivity index (χ1) is 13.0. The lowest BCUT2D eigenvalue weighted by Gasteiger charge is -2.12. The second-order valence-corrected chi connectivity index (χ2v) is 6.69. The second kappa shape index (κ2) is 8.43. The lowest BCUT2D eigenvalue weighted by atomic mass is 10.1. The van der Waals surface area contributed by atoms with Crippen LogP contribution in [-0.2, 0) is 13.1 Å². The van der Waals surface area contributed by atoms with E-state index < -0.39 is 0 Å². The molecule has 1 N–H and O–H groups in total. The van der Waals surface area contributed by atoms with Gasteiger partial charge in [0.25, 0.3) is 0 Å². The summed E-state index contributed by atoms with van der Waals surface area (Å²) in [6, 6.07) is 10.4. The Morgan fingerprint density at radius 1 is 1.26 bits per heavy atom. The molecular formula is C20H23N7. The summed E-state index contributed by atoms with van der Waals surface area (Å²) in [7, 11) is 4.10. The van der Waals surface area contributed by atoms with Gasteiger partial charge in [0.15, 0.2) is 0 Å². The summed E-state index contributed by atoms with van der Waals surface area (Å²) in [6.45, 7) is 3.42. The molecule has 0 aliphatic heterocycles. The number of hydrogen-bond acceptors (Lipinski definition) is 6. The normalized spacial score (nSPS) is 10.8. The van der Waals surface area contributed by atoms with E-state index in [1.807, 2.05) is 39.3 Å². The third kappa shape index (κ3) is 4.90. The van der Waals surface area contributed by atoms with Gasteiger partial charge in [-0.15, -0.1) is 0 Å². The van der Waals surface area contributed by atoms with Crippen LogP contribution in [-0.4, -0.2) is 38.7 Å². The van der Waals surface area contributed by atoms with Crippen molar-refractivity contribution in [2.24, 2.45) is 0 Å². The maximum Gasteiger partial charge on any atom is 0.227 e. The van der Waals surface area contributed by atoms with Crippen molar-refractivity contribution >= 4 is 11.6 Å². The lowest BCUT2D eigenvalue weighted by molar-refractivity contribution is 0.402. The molecule has 2 aromatic heterocycles. The fourth-order valence-corrected chi connectivity index (χ4v) is 2.81. The molecule has 0 aliphatic rings. The van der Waals surface area contributed by atoms with E-state index in [4.69, 9.17) is 5.26 Å². The molecule has 0 fully saturated rings. The summed E-state index contributed by atoms with van der Waals surface area (Å²) in [4.78, 5) is 11.2. The lowest BCUT2D eigenvalue weighted by Crippen LogP contribution is -2.10. The average molecular weight is 361 g/mol.